The smallest absolute Gasteiger partial charge is 0.170 e. The van der Waals surface area contributed by atoms with Crippen LogP contribution in [0.5, 0.6) is 0 Å². The molecule has 0 bridgehead atoms. The molecule has 23 heavy (non-hydrogen) atoms. The van der Waals surface area contributed by atoms with Crippen LogP contribution >= 0.6 is 23.8 Å². The molecule has 0 atom stereocenters. The van der Waals surface area contributed by atoms with Gasteiger partial charge in [0.25, 0.3) is 0 Å². The summed E-state index contributed by atoms with van der Waals surface area (Å²) >= 11 is 11.3. The second kappa shape index (κ2) is 8.86. The average molecular weight is 352 g/mol. The van der Waals surface area contributed by atoms with Gasteiger partial charge in [0, 0.05) is 17.8 Å². The molecule has 1 heterocycles. The monoisotopic (exact) mass is 351 g/mol. The van der Waals surface area contributed by atoms with Crippen LogP contribution < -0.4 is 10.6 Å². The molecular weight excluding hydrogens is 330 g/mol. The maximum absolute atomic E-state index is 5.99. The molecule has 2 rings (SSSR count). The van der Waals surface area contributed by atoms with Crippen LogP contribution in [0.15, 0.2) is 36.7 Å². The molecule has 0 aliphatic rings. The largest absolute Gasteiger partial charge is 0.362 e. The van der Waals surface area contributed by atoms with Gasteiger partial charge in [-0.1, -0.05) is 23.7 Å². The van der Waals surface area contributed by atoms with Gasteiger partial charge in [0.2, 0.25) is 0 Å². The molecule has 1 aromatic heterocycles. The minimum atomic E-state index is 0.617. The van der Waals surface area contributed by atoms with E-state index in [0.29, 0.717) is 11.7 Å². The highest BCUT2D eigenvalue weighted by atomic mass is 35.5. The van der Waals surface area contributed by atoms with Crippen LogP contribution in [0.25, 0.3) is 0 Å². The lowest BCUT2D eigenvalue weighted by Gasteiger charge is -2.11. The molecule has 2 N–H and O–H groups in total. The number of hydrogen-bond donors (Lipinski definition) is 2. The quantitative estimate of drug-likeness (QED) is 0.593. The van der Waals surface area contributed by atoms with Gasteiger partial charge in [0.05, 0.1) is 18.4 Å². The Bertz CT molecular complexity index is 641. The SMILES string of the molecule is CN(C)CCCNC(=S)Nc1cnn(Cc2cccc(Cl)c2)c1. The van der Waals surface area contributed by atoms with Crippen molar-refractivity contribution in [2.24, 2.45) is 0 Å². The van der Waals surface area contributed by atoms with E-state index in [4.69, 9.17) is 23.8 Å². The fourth-order valence-corrected chi connectivity index (χ4v) is 2.54. The molecule has 0 spiro atoms. The Morgan fingerprint density at radius 1 is 1.39 bits per heavy atom. The van der Waals surface area contributed by atoms with E-state index in [9.17, 15) is 0 Å². The van der Waals surface area contributed by atoms with E-state index >= 15 is 0 Å². The first-order chi connectivity index (χ1) is 11.0. The topological polar surface area (TPSA) is 45.1 Å². The molecule has 124 valence electrons. The van der Waals surface area contributed by atoms with Gasteiger partial charge in [-0.25, -0.2) is 0 Å². The van der Waals surface area contributed by atoms with Crippen molar-refractivity contribution in [3.8, 4) is 0 Å². The molecule has 0 aliphatic carbocycles. The zero-order valence-electron chi connectivity index (χ0n) is 13.4. The lowest BCUT2D eigenvalue weighted by molar-refractivity contribution is 0.400. The first-order valence-electron chi connectivity index (χ1n) is 7.49. The van der Waals surface area contributed by atoms with Crippen molar-refractivity contribution >= 4 is 34.6 Å². The minimum absolute atomic E-state index is 0.617. The summed E-state index contributed by atoms with van der Waals surface area (Å²) < 4.78 is 1.85. The van der Waals surface area contributed by atoms with Gasteiger partial charge in [0.15, 0.2) is 5.11 Å². The van der Waals surface area contributed by atoms with E-state index in [1.165, 1.54) is 0 Å². The number of anilines is 1. The summed E-state index contributed by atoms with van der Waals surface area (Å²) in [6.45, 7) is 2.55. The van der Waals surface area contributed by atoms with Gasteiger partial charge in [-0.05, 0) is 57.0 Å². The van der Waals surface area contributed by atoms with Crippen LogP contribution in [0.1, 0.15) is 12.0 Å². The fourth-order valence-electron chi connectivity index (χ4n) is 2.11. The fraction of sp³-hybridized carbons (Fsp3) is 0.375. The Kier molecular flexibility index (Phi) is 6.83. The van der Waals surface area contributed by atoms with Crippen molar-refractivity contribution in [3.63, 3.8) is 0 Å². The van der Waals surface area contributed by atoms with E-state index in [0.717, 1.165) is 35.8 Å². The average Bonchev–Trinajstić information content (AvgIpc) is 2.90. The van der Waals surface area contributed by atoms with Crippen LogP contribution in [0.3, 0.4) is 0 Å². The van der Waals surface area contributed by atoms with Crippen LogP contribution in [-0.2, 0) is 6.54 Å². The highest BCUT2D eigenvalue weighted by molar-refractivity contribution is 7.80. The van der Waals surface area contributed by atoms with Crippen molar-refractivity contribution < 1.29 is 0 Å². The summed E-state index contributed by atoms with van der Waals surface area (Å²) in [4.78, 5) is 2.15. The number of aromatic nitrogens is 2. The Morgan fingerprint density at radius 2 is 2.22 bits per heavy atom. The Labute approximate surface area is 147 Å². The number of benzene rings is 1. The third kappa shape index (κ3) is 6.56. The number of nitrogens with zero attached hydrogens (tertiary/aromatic N) is 3. The predicted octanol–water partition coefficient (Wildman–Crippen LogP) is 2.82. The summed E-state index contributed by atoms with van der Waals surface area (Å²) in [5, 5.41) is 12.0. The van der Waals surface area contributed by atoms with Crippen molar-refractivity contribution in [2.75, 3.05) is 32.5 Å². The maximum Gasteiger partial charge on any atom is 0.170 e. The molecule has 2 aromatic rings. The summed E-state index contributed by atoms with van der Waals surface area (Å²) in [7, 11) is 4.12. The molecule has 0 fully saturated rings. The van der Waals surface area contributed by atoms with Gasteiger partial charge in [-0.15, -0.1) is 0 Å². The zero-order valence-corrected chi connectivity index (χ0v) is 15.0. The van der Waals surface area contributed by atoms with Gasteiger partial charge in [-0.2, -0.15) is 5.10 Å². The van der Waals surface area contributed by atoms with Crippen molar-refractivity contribution in [1.29, 1.82) is 0 Å². The molecule has 0 amide bonds. The molecule has 0 aliphatic heterocycles. The van der Waals surface area contributed by atoms with Crippen molar-refractivity contribution in [1.82, 2.24) is 20.0 Å². The number of hydrogen-bond acceptors (Lipinski definition) is 3. The van der Waals surface area contributed by atoms with E-state index in [2.05, 4.69) is 34.7 Å². The molecule has 1 aromatic carbocycles. The summed E-state index contributed by atoms with van der Waals surface area (Å²) in [6, 6.07) is 7.76. The van der Waals surface area contributed by atoms with Crippen molar-refractivity contribution in [2.45, 2.75) is 13.0 Å². The molecular formula is C16H22ClN5S. The molecule has 0 saturated carbocycles. The third-order valence-corrected chi connectivity index (χ3v) is 3.67. The molecule has 0 radical (unpaired) electrons. The minimum Gasteiger partial charge on any atom is -0.362 e. The second-order valence-electron chi connectivity index (χ2n) is 5.59. The van der Waals surface area contributed by atoms with E-state index in [-0.39, 0.29) is 0 Å². The van der Waals surface area contributed by atoms with Gasteiger partial charge >= 0.3 is 0 Å². The van der Waals surface area contributed by atoms with Crippen LogP contribution in [0.2, 0.25) is 5.02 Å². The highest BCUT2D eigenvalue weighted by Crippen LogP contribution is 2.13. The third-order valence-electron chi connectivity index (χ3n) is 3.19. The first-order valence-corrected chi connectivity index (χ1v) is 8.28. The van der Waals surface area contributed by atoms with Crippen LogP contribution in [-0.4, -0.2) is 47.0 Å². The number of nitrogens with one attached hydrogen (secondary N) is 2. The normalized spacial score (nSPS) is 10.8. The molecule has 5 nitrogen and oxygen atoms in total. The standard InChI is InChI=1S/C16H22ClN5S/c1-21(2)8-4-7-18-16(23)20-15-10-19-22(12-15)11-13-5-3-6-14(17)9-13/h3,5-6,9-10,12H,4,7-8,11H2,1-2H3,(H2,18,20,23). The Morgan fingerprint density at radius 3 is 2.96 bits per heavy atom. The number of halogens is 1. The Balaban J connectivity index is 1.79. The van der Waals surface area contributed by atoms with E-state index in [1.54, 1.807) is 6.20 Å². The summed E-state index contributed by atoms with van der Waals surface area (Å²) in [6.07, 6.45) is 4.73. The van der Waals surface area contributed by atoms with Gasteiger partial charge in [-0.3, -0.25) is 4.68 Å². The summed E-state index contributed by atoms with van der Waals surface area (Å²) in [5.74, 6) is 0. The first kappa shape index (κ1) is 17.7. The maximum atomic E-state index is 5.99. The second-order valence-corrected chi connectivity index (χ2v) is 6.44. The lowest BCUT2D eigenvalue weighted by atomic mass is 10.2. The Hall–Kier alpha value is -1.63. The predicted molar refractivity (Wildman–Crippen MR) is 100 cm³/mol. The molecule has 7 heteroatoms. The van der Waals surface area contributed by atoms with Gasteiger partial charge < -0.3 is 15.5 Å². The van der Waals surface area contributed by atoms with Crippen LogP contribution in [0.4, 0.5) is 5.69 Å². The number of thiocarbonyl (C=S) groups is 1. The number of rotatable bonds is 7. The zero-order chi connectivity index (χ0) is 16.7. The molecule has 0 unspecified atom stereocenters. The van der Waals surface area contributed by atoms with E-state index in [1.807, 2.05) is 35.1 Å². The summed E-state index contributed by atoms with van der Waals surface area (Å²) in [5.41, 5.74) is 1.98. The lowest BCUT2D eigenvalue weighted by Crippen LogP contribution is -2.30. The van der Waals surface area contributed by atoms with Gasteiger partial charge in [0.1, 0.15) is 0 Å². The molecule has 0 saturated heterocycles. The van der Waals surface area contributed by atoms with Crippen molar-refractivity contribution in [3.05, 3.63) is 47.2 Å². The van der Waals surface area contributed by atoms with E-state index < -0.39 is 0 Å². The van der Waals surface area contributed by atoms with Crippen LogP contribution in [0, 0.1) is 0 Å². The highest BCUT2D eigenvalue weighted by Gasteiger charge is 2.02.